The fraction of sp³-hybridized carbons (Fsp3) is 0. The lowest BCUT2D eigenvalue weighted by atomic mass is 9.99. The highest BCUT2D eigenvalue weighted by atomic mass is 32.1. The SMILES string of the molecule is c1ccc2c(c1)cn1c3cc4oc5ccccc5c4cc3c3cc4sc5ccccc5c4cc3c21. The number of aromatic nitrogens is 1. The number of rotatable bonds is 0. The first-order chi connectivity index (χ1) is 17.3. The molecule has 35 heavy (non-hydrogen) atoms. The molecule has 3 heteroatoms. The summed E-state index contributed by atoms with van der Waals surface area (Å²) in [6.07, 6.45) is 2.27. The standard InChI is InChI=1S/C32H17NOS/c1-2-8-19-18(7-1)17-33-27-16-29-24(20-9-3-5-11-28(20)34-29)13-23(27)22-15-31-25(14-26(22)32(19)33)21-10-4-6-12-30(21)35-31/h1-17H. The van der Waals surface area contributed by atoms with Crippen molar-refractivity contribution in [3.63, 3.8) is 0 Å². The number of furan rings is 1. The Labute approximate surface area is 203 Å². The van der Waals surface area contributed by atoms with E-state index >= 15 is 0 Å². The van der Waals surface area contributed by atoms with Gasteiger partial charge in [0.2, 0.25) is 0 Å². The van der Waals surface area contributed by atoms with Gasteiger partial charge >= 0.3 is 0 Å². The van der Waals surface area contributed by atoms with E-state index in [9.17, 15) is 0 Å². The Morgan fingerprint density at radius 3 is 2.23 bits per heavy atom. The fourth-order valence-electron chi connectivity index (χ4n) is 5.99. The minimum atomic E-state index is 0.931. The Bertz CT molecular complexity index is 2330. The molecule has 0 bridgehead atoms. The number of nitrogens with zero attached hydrogens (tertiary/aromatic N) is 1. The van der Waals surface area contributed by atoms with Crippen LogP contribution in [0.5, 0.6) is 0 Å². The van der Waals surface area contributed by atoms with Gasteiger partial charge in [0.1, 0.15) is 11.2 Å². The first-order valence-electron chi connectivity index (χ1n) is 11.9. The zero-order valence-corrected chi connectivity index (χ0v) is 19.4. The van der Waals surface area contributed by atoms with E-state index in [2.05, 4.69) is 102 Å². The molecule has 4 heterocycles. The van der Waals surface area contributed by atoms with Crippen molar-refractivity contribution in [3.05, 3.63) is 103 Å². The second-order valence-electron chi connectivity index (χ2n) is 9.39. The predicted molar refractivity (Wildman–Crippen MR) is 150 cm³/mol. The van der Waals surface area contributed by atoms with Crippen molar-refractivity contribution in [1.82, 2.24) is 4.40 Å². The maximum absolute atomic E-state index is 6.29. The molecule has 0 aliphatic carbocycles. The summed E-state index contributed by atoms with van der Waals surface area (Å²) >= 11 is 1.88. The smallest absolute Gasteiger partial charge is 0.137 e. The lowest BCUT2D eigenvalue weighted by Gasteiger charge is -2.11. The van der Waals surface area contributed by atoms with Crippen molar-refractivity contribution >= 4 is 91.4 Å². The van der Waals surface area contributed by atoms with Gasteiger partial charge in [-0.25, -0.2) is 0 Å². The maximum Gasteiger partial charge on any atom is 0.137 e. The van der Waals surface area contributed by atoms with Gasteiger partial charge in [0.25, 0.3) is 0 Å². The Hall–Kier alpha value is -4.34. The van der Waals surface area contributed by atoms with E-state index in [1.54, 1.807) is 0 Å². The Kier molecular flexibility index (Phi) is 3.20. The monoisotopic (exact) mass is 463 g/mol. The normalized spacial score (nSPS) is 12.6. The Morgan fingerprint density at radius 1 is 0.514 bits per heavy atom. The maximum atomic E-state index is 6.29. The summed E-state index contributed by atoms with van der Waals surface area (Å²) in [6.45, 7) is 0. The molecule has 0 fully saturated rings. The van der Waals surface area contributed by atoms with Crippen LogP contribution < -0.4 is 0 Å². The largest absolute Gasteiger partial charge is 0.456 e. The third-order valence-corrected chi connectivity index (χ3v) is 8.68. The van der Waals surface area contributed by atoms with Gasteiger partial charge < -0.3 is 8.82 Å². The van der Waals surface area contributed by atoms with Crippen LogP contribution in [0.15, 0.2) is 108 Å². The predicted octanol–water partition coefficient (Wildman–Crippen LogP) is 9.67. The lowest BCUT2D eigenvalue weighted by Crippen LogP contribution is -1.90. The molecule has 0 aliphatic rings. The molecule has 5 aromatic carbocycles. The van der Waals surface area contributed by atoms with Crippen molar-refractivity contribution in [1.29, 1.82) is 0 Å². The highest BCUT2D eigenvalue weighted by Crippen LogP contribution is 2.43. The first-order valence-corrected chi connectivity index (χ1v) is 12.7. The van der Waals surface area contributed by atoms with E-state index in [4.69, 9.17) is 4.42 Å². The molecule has 9 rings (SSSR count). The van der Waals surface area contributed by atoms with Gasteiger partial charge in [0.05, 0.1) is 11.0 Å². The topological polar surface area (TPSA) is 17.6 Å². The van der Waals surface area contributed by atoms with Crippen LogP contribution in [0.25, 0.3) is 80.1 Å². The van der Waals surface area contributed by atoms with Gasteiger partial charge in [0, 0.05) is 64.8 Å². The average molecular weight is 464 g/mol. The lowest BCUT2D eigenvalue weighted by molar-refractivity contribution is 0.669. The molecule has 9 aromatic rings. The van der Waals surface area contributed by atoms with Crippen LogP contribution in [0.3, 0.4) is 0 Å². The molecule has 0 atom stereocenters. The van der Waals surface area contributed by atoms with E-state index in [1.807, 2.05) is 17.4 Å². The summed E-state index contributed by atoms with van der Waals surface area (Å²) in [7, 11) is 0. The summed E-state index contributed by atoms with van der Waals surface area (Å²) in [5, 5.41) is 11.4. The summed E-state index contributed by atoms with van der Waals surface area (Å²) in [5.74, 6) is 0. The van der Waals surface area contributed by atoms with Gasteiger partial charge in [-0.15, -0.1) is 11.3 Å². The van der Waals surface area contributed by atoms with E-state index < -0.39 is 0 Å². The van der Waals surface area contributed by atoms with Crippen LogP contribution in [0.4, 0.5) is 0 Å². The molecular formula is C32H17NOS. The zero-order chi connectivity index (χ0) is 22.7. The van der Waals surface area contributed by atoms with Gasteiger partial charge in [-0.05, 0) is 35.7 Å². The zero-order valence-electron chi connectivity index (χ0n) is 18.6. The van der Waals surface area contributed by atoms with Gasteiger partial charge in [-0.3, -0.25) is 0 Å². The van der Waals surface area contributed by atoms with Gasteiger partial charge in [0.15, 0.2) is 0 Å². The van der Waals surface area contributed by atoms with Crippen molar-refractivity contribution in [2.45, 2.75) is 0 Å². The van der Waals surface area contributed by atoms with Crippen LogP contribution in [-0.2, 0) is 0 Å². The number of benzene rings is 5. The Morgan fingerprint density at radius 2 is 1.29 bits per heavy atom. The fourth-order valence-corrected chi connectivity index (χ4v) is 7.12. The quantitative estimate of drug-likeness (QED) is 0.205. The number of pyridine rings is 1. The molecule has 0 radical (unpaired) electrons. The van der Waals surface area contributed by atoms with Crippen LogP contribution in [-0.4, -0.2) is 4.40 Å². The van der Waals surface area contributed by atoms with Gasteiger partial charge in [-0.2, -0.15) is 0 Å². The highest BCUT2D eigenvalue weighted by Gasteiger charge is 2.17. The average Bonchev–Trinajstić information content (AvgIpc) is 3.57. The molecule has 0 saturated heterocycles. The van der Waals surface area contributed by atoms with Crippen LogP contribution in [0.2, 0.25) is 0 Å². The highest BCUT2D eigenvalue weighted by molar-refractivity contribution is 7.25. The van der Waals surface area contributed by atoms with E-state index in [1.165, 1.54) is 68.9 Å². The van der Waals surface area contributed by atoms with Crippen molar-refractivity contribution in [3.8, 4) is 0 Å². The molecule has 0 saturated carbocycles. The van der Waals surface area contributed by atoms with E-state index in [0.717, 1.165) is 11.2 Å². The molecular weight excluding hydrogens is 446 g/mol. The van der Waals surface area contributed by atoms with Crippen LogP contribution >= 0.6 is 11.3 Å². The minimum absolute atomic E-state index is 0.931. The summed E-state index contributed by atoms with van der Waals surface area (Å²) in [5.41, 5.74) is 4.30. The van der Waals surface area contributed by atoms with E-state index in [0.29, 0.717) is 0 Å². The van der Waals surface area contributed by atoms with Gasteiger partial charge in [-0.1, -0.05) is 60.7 Å². The summed E-state index contributed by atoms with van der Waals surface area (Å²) < 4.78 is 11.3. The molecule has 162 valence electrons. The minimum Gasteiger partial charge on any atom is -0.456 e. The van der Waals surface area contributed by atoms with Crippen molar-refractivity contribution in [2.24, 2.45) is 0 Å². The molecule has 0 aliphatic heterocycles. The van der Waals surface area contributed by atoms with Crippen molar-refractivity contribution in [2.75, 3.05) is 0 Å². The molecule has 2 nitrogen and oxygen atoms in total. The molecule has 0 unspecified atom stereocenters. The molecule has 0 amide bonds. The Balaban J connectivity index is 1.60. The summed E-state index contributed by atoms with van der Waals surface area (Å²) in [4.78, 5) is 0. The number of fused-ring (bicyclic) bond motifs is 14. The van der Waals surface area contributed by atoms with Crippen LogP contribution in [0.1, 0.15) is 0 Å². The molecule has 0 N–H and O–H groups in total. The molecule has 0 spiro atoms. The number of thiophene rings is 1. The van der Waals surface area contributed by atoms with E-state index in [-0.39, 0.29) is 0 Å². The number of hydrogen-bond acceptors (Lipinski definition) is 2. The molecule has 4 aromatic heterocycles. The number of hydrogen-bond donors (Lipinski definition) is 0. The second kappa shape index (κ2) is 6.21. The van der Waals surface area contributed by atoms with Crippen molar-refractivity contribution < 1.29 is 4.42 Å². The number of para-hydroxylation sites is 1. The third-order valence-electron chi connectivity index (χ3n) is 7.54. The first kappa shape index (κ1) is 18.0. The summed E-state index contributed by atoms with van der Waals surface area (Å²) in [6, 6.07) is 35.2. The van der Waals surface area contributed by atoms with Crippen LogP contribution in [0, 0.1) is 0 Å². The third kappa shape index (κ3) is 2.24. The second-order valence-corrected chi connectivity index (χ2v) is 10.5.